The molecule has 0 aromatic carbocycles. The summed E-state index contributed by atoms with van der Waals surface area (Å²) in [5.74, 6) is 0. The highest BCUT2D eigenvalue weighted by atomic mass is 35.6. The smallest absolute Gasteiger partial charge is 0.151 e. The average Bonchev–Trinajstić information content (AvgIpc) is 1.89. The SMILES string of the molecule is C=C[Si](Cl)(/C=C/C)/C=C/C. The summed E-state index contributed by atoms with van der Waals surface area (Å²) in [5.41, 5.74) is 5.90. The monoisotopic (exact) mass is 172 g/mol. The van der Waals surface area contributed by atoms with Crippen LogP contribution in [-0.4, -0.2) is 7.38 Å². The Morgan fingerprint density at radius 1 is 1.20 bits per heavy atom. The van der Waals surface area contributed by atoms with Gasteiger partial charge in [-0.3, -0.25) is 0 Å². The zero-order chi connectivity index (χ0) is 8.04. The van der Waals surface area contributed by atoms with E-state index in [-0.39, 0.29) is 0 Å². The third-order valence-corrected chi connectivity index (χ3v) is 4.69. The van der Waals surface area contributed by atoms with Gasteiger partial charge in [-0.2, -0.15) is 11.1 Å². The number of rotatable bonds is 3. The minimum absolute atomic E-state index is 1.84. The van der Waals surface area contributed by atoms with Crippen LogP contribution in [0, 0.1) is 0 Å². The zero-order valence-electron chi connectivity index (χ0n) is 6.47. The highest BCUT2D eigenvalue weighted by molar-refractivity contribution is 7.28. The van der Waals surface area contributed by atoms with Crippen LogP contribution in [0.5, 0.6) is 0 Å². The molecule has 0 rings (SSSR count). The fraction of sp³-hybridized carbons (Fsp3) is 0.250. The summed E-state index contributed by atoms with van der Waals surface area (Å²) in [6.45, 7) is 7.64. The van der Waals surface area contributed by atoms with Gasteiger partial charge in [0.1, 0.15) is 0 Å². The van der Waals surface area contributed by atoms with Gasteiger partial charge >= 0.3 is 0 Å². The van der Waals surface area contributed by atoms with Crippen molar-refractivity contribution in [1.82, 2.24) is 0 Å². The Kier molecular flexibility index (Phi) is 4.40. The molecule has 0 atom stereocenters. The van der Waals surface area contributed by atoms with E-state index < -0.39 is 7.38 Å². The minimum atomic E-state index is -1.85. The second-order valence-corrected chi connectivity index (χ2v) is 6.72. The van der Waals surface area contributed by atoms with Gasteiger partial charge in [-0.15, -0.1) is 6.58 Å². The maximum atomic E-state index is 6.17. The second kappa shape index (κ2) is 4.53. The van der Waals surface area contributed by atoms with E-state index in [4.69, 9.17) is 11.1 Å². The number of halogens is 1. The van der Waals surface area contributed by atoms with Crippen molar-refractivity contribution in [3.8, 4) is 0 Å². The fourth-order valence-electron chi connectivity index (χ4n) is 0.703. The predicted octanol–water partition coefficient (Wildman–Crippen LogP) is 3.13. The van der Waals surface area contributed by atoms with Gasteiger partial charge in [0.25, 0.3) is 0 Å². The van der Waals surface area contributed by atoms with Crippen molar-refractivity contribution in [2.45, 2.75) is 13.8 Å². The van der Waals surface area contributed by atoms with Crippen molar-refractivity contribution in [2.24, 2.45) is 0 Å². The summed E-state index contributed by atoms with van der Waals surface area (Å²) < 4.78 is 0. The molecule has 0 bridgehead atoms. The Morgan fingerprint density at radius 3 is 1.80 bits per heavy atom. The molecule has 0 aliphatic rings. The van der Waals surface area contributed by atoms with Crippen LogP contribution in [0.1, 0.15) is 13.8 Å². The van der Waals surface area contributed by atoms with Crippen LogP contribution >= 0.6 is 11.1 Å². The molecule has 0 amide bonds. The second-order valence-electron chi connectivity index (χ2n) is 2.03. The highest BCUT2D eigenvalue weighted by Gasteiger charge is 2.17. The quantitative estimate of drug-likeness (QED) is 0.454. The molecule has 0 aromatic rings. The van der Waals surface area contributed by atoms with E-state index in [9.17, 15) is 0 Å². The van der Waals surface area contributed by atoms with Crippen molar-refractivity contribution in [1.29, 1.82) is 0 Å². The van der Waals surface area contributed by atoms with E-state index in [0.29, 0.717) is 0 Å². The maximum Gasteiger partial charge on any atom is 0.225 e. The van der Waals surface area contributed by atoms with Crippen LogP contribution in [0.25, 0.3) is 0 Å². The van der Waals surface area contributed by atoms with Gasteiger partial charge in [0.05, 0.1) is 0 Å². The molecule has 56 valence electrons. The lowest BCUT2D eigenvalue weighted by Crippen LogP contribution is -2.17. The molecule has 0 heterocycles. The molecule has 10 heavy (non-hydrogen) atoms. The minimum Gasteiger partial charge on any atom is -0.151 e. The van der Waals surface area contributed by atoms with E-state index in [1.54, 1.807) is 0 Å². The summed E-state index contributed by atoms with van der Waals surface area (Å²) in [7, 11) is -1.85. The molecule has 0 aliphatic carbocycles. The lowest BCUT2D eigenvalue weighted by Gasteiger charge is -2.07. The molecule has 2 heteroatoms. The fourth-order valence-corrected chi connectivity index (χ4v) is 2.86. The van der Waals surface area contributed by atoms with Crippen LogP contribution in [0.15, 0.2) is 35.8 Å². The zero-order valence-corrected chi connectivity index (χ0v) is 8.23. The van der Waals surface area contributed by atoms with Crippen LogP contribution < -0.4 is 0 Å². The van der Waals surface area contributed by atoms with Crippen LogP contribution in [-0.2, 0) is 0 Å². The maximum absolute atomic E-state index is 6.17. The normalized spacial score (nSPS) is 13.1. The molecule has 0 saturated carbocycles. The summed E-state index contributed by atoms with van der Waals surface area (Å²) in [6, 6.07) is 0. The van der Waals surface area contributed by atoms with Crippen LogP contribution in [0.3, 0.4) is 0 Å². The van der Waals surface area contributed by atoms with Crippen LogP contribution in [0.2, 0.25) is 0 Å². The summed E-state index contributed by atoms with van der Waals surface area (Å²) >= 11 is 6.17. The molecule has 0 saturated heterocycles. The molecule has 0 aliphatic heterocycles. The largest absolute Gasteiger partial charge is 0.225 e. The number of hydrogen-bond acceptors (Lipinski definition) is 0. The molecule has 0 fully saturated rings. The van der Waals surface area contributed by atoms with E-state index in [0.717, 1.165) is 0 Å². The molecule has 0 N–H and O–H groups in total. The Labute approximate surface area is 68.6 Å². The third-order valence-electron chi connectivity index (χ3n) is 1.16. The highest BCUT2D eigenvalue weighted by Crippen LogP contribution is 2.13. The van der Waals surface area contributed by atoms with Gasteiger partial charge in [0.15, 0.2) is 0 Å². The lowest BCUT2D eigenvalue weighted by atomic mass is 10.8. The molecule has 0 unspecified atom stereocenters. The van der Waals surface area contributed by atoms with Crippen molar-refractivity contribution in [3.63, 3.8) is 0 Å². The molecular formula is C8H13ClSi. The first-order valence-corrected chi connectivity index (χ1v) is 6.53. The van der Waals surface area contributed by atoms with E-state index >= 15 is 0 Å². The Balaban J connectivity index is 4.37. The van der Waals surface area contributed by atoms with Gasteiger partial charge in [-0.1, -0.05) is 29.2 Å². The van der Waals surface area contributed by atoms with Gasteiger partial charge in [-0.25, -0.2) is 0 Å². The molecule has 0 spiro atoms. The summed E-state index contributed by atoms with van der Waals surface area (Å²) in [4.78, 5) is 0. The Hall–Kier alpha value is -0.273. The Morgan fingerprint density at radius 2 is 1.60 bits per heavy atom. The van der Waals surface area contributed by atoms with Gasteiger partial charge in [0, 0.05) is 0 Å². The van der Waals surface area contributed by atoms with Gasteiger partial charge in [-0.05, 0) is 13.8 Å². The lowest BCUT2D eigenvalue weighted by molar-refractivity contribution is 1.75. The topological polar surface area (TPSA) is 0 Å². The Bertz CT molecular complexity index is 147. The van der Waals surface area contributed by atoms with Crippen molar-refractivity contribution >= 4 is 18.5 Å². The van der Waals surface area contributed by atoms with Crippen molar-refractivity contribution in [2.75, 3.05) is 0 Å². The molecule has 0 nitrogen and oxygen atoms in total. The van der Waals surface area contributed by atoms with Crippen molar-refractivity contribution in [3.05, 3.63) is 35.8 Å². The average molecular weight is 173 g/mol. The first-order chi connectivity index (χ1) is 4.68. The molecule has 0 radical (unpaired) electrons. The predicted molar refractivity (Wildman–Crippen MR) is 51.4 cm³/mol. The third kappa shape index (κ3) is 3.04. The number of allylic oxidation sites excluding steroid dienone is 2. The summed E-state index contributed by atoms with van der Waals surface area (Å²) in [5, 5.41) is 0. The summed E-state index contributed by atoms with van der Waals surface area (Å²) in [6.07, 6.45) is 3.95. The van der Waals surface area contributed by atoms with Crippen molar-refractivity contribution < 1.29 is 0 Å². The van der Waals surface area contributed by atoms with E-state index in [1.165, 1.54) is 0 Å². The van der Waals surface area contributed by atoms with E-state index in [2.05, 4.69) is 6.58 Å². The van der Waals surface area contributed by atoms with Gasteiger partial charge < -0.3 is 0 Å². The van der Waals surface area contributed by atoms with Gasteiger partial charge in [0.2, 0.25) is 7.38 Å². The molecule has 0 aromatic heterocycles. The van der Waals surface area contributed by atoms with Crippen LogP contribution in [0.4, 0.5) is 0 Å². The molecular weight excluding hydrogens is 160 g/mol. The number of hydrogen-bond donors (Lipinski definition) is 0. The first-order valence-electron chi connectivity index (χ1n) is 3.28. The first kappa shape index (κ1) is 9.73. The van der Waals surface area contributed by atoms with E-state index in [1.807, 2.05) is 43.1 Å². The standard InChI is InChI=1S/C8H13ClSi/c1-4-7-10(9,6-3)8-5-2/h4-8H,3H2,1-2H3/b7-4+,8-5+.